The summed E-state index contributed by atoms with van der Waals surface area (Å²) in [5.41, 5.74) is -5.85. The Balaban J connectivity index is 2.07. The maximum Gasteiger partial charge on any atom is 0.435 e. The topological polar surface area (TPSA) is 93.9 Å². The Labute approximate surface area is 195 Å². The van der Waals surface area contributed by atoms with E-state index in [9.17, 15) is 43.9 Å². The lowest BCUT2D eigenvalue weighted by atomic mass is 10.2. The van der Waals surface area contributed by atoms with Crippen LogP contribution in [0.5, 0.6) is 0 Å². The van der Waals surface area contributed by atoms with Gasteiger partial charge in [0.1, 0.15) is 16.4 Å². The van der Waals surface area contributed by atoms with E-state index in [1.54, 1.807) is 0 Å². The third-order valence-corrected chi connectivity index (χ3v) is 6.11. The maximum absolute atomic E-state index is 14.1. The highest BCUT2D eigenvalue weighted by Gasteiger charge is 2.43. The second-order valence-electron chi connectivity index (χ2n) is 6.37. The fourth-order valence-corrected chi connectivity index (χ4v) is 4.26. The molecule has 0 radical (unpaired) electrons. The SMILES string of the molecule is O=C(NS(=O)(=O)c1cc(C(F)(F)F)ccc1Cl)c1nnn(-c2ccc(Cl)cc2F)c1C(F)(F)F. The van der Waals surface area contributed by atoms with Gasteiger partial charge in [0.2, 0.25) is 0 Å². The van der Waals surface area contributed by atoms with Crippen molar-refractivity contribution >= 4 is 39.1 Å². The van der Waals surface area contributed by atoms with Gasteiger partial charge in [0.05, 0.1) is 10.6 Å². The molecule has 0 bridgehead atoms. The number of hydrogen-bond donors (Lipinski definition) is 1. The largest absolute Gasteiger partial charge is 0.435 e. The summed E-state index contributed by atoms with van der Waals surface area (Å²) in [7, 11) is -5.22. The number of benzene rings is 2. The minimum Gasteiger partial charge on any atom is -0.266 e. The quantitative estimate of drug-likeness (QED) is 0.468. The summed E-state index contributed by atoms with van der Waals surface area (Å²) < 4.78 is 120. The number of rotatable bonds is 4. The molecule has 0 saturated heterocycles. The van der Waals surface area contributed by atoms with Gasteiger partial charge < -0.3 is 0 Å². The number of carbonyl (C=O) groups is 1. The van der Waals surface area contributed by atoms with Crippen LogP contribution in [0.15, 0.2) is 41.3 Å². The van der Waals surface area contributed by atoms with Crippen LogP contribution in [0, 0.1) is 5.82 Å². The molecule has 0 atom stereocenters. The highest BCUT2D eigenvalue weighted by molar-refractivity contribution is 7.90. The van der Waals surface area contributed by atoms with Crippen LogP contribution in [0.1, 0.15) is 21.7 Å². The lowest BCUT2D eigenvalue weighted by Gasteiger charge is -2.13. The maximum atomic E-state index is 14.1. The average Bonchev–Trinajstić information content (AvgIpc) is 3.12. The normalized spacial score (nSPS) is 12.6. The molecule has 7 nitrogen and oxygen atoms in total. The number of nitrogens with zero attached hydrogens (tertiary/aromatic N) is 3. The first kappa shape index (κ1) is 25.7. The Hall–Kier alpha value is -2.91. The Morgan fingerprint density at radius 3 is 2.18 bits per heavy atom. The molecular formula is C17H7Cl2F7N4O3S. The van der Waals surface area contributed by atoms with Crippen molar-refractivity contribution < 1.29 is 43.9 Å². The molecule has 0 fully saturated rings. The second-order valence-corrected chi connectivity index (χ2v) is 8.86. The first-order valence-corrected chi connectivity index (χ1v) is 10.7. The van der Waals surface area contributed by atoms with Gasteiger partial charge in [0, 0.05) is 5.02 Å². The van der Waals surface area contributed by atoms with E-state index in [4.69, 9.17) is 23.2 Å². The number of halogens is 9. The summed E-state index contributed by atoms with van der Waals surface area (Å²) in [6.45, 7) is 0. The lowest BCUT2D eigenvalue weighted by molar-refractivity contribution is -0.143. The van der Waals surface area contributed by atoms with Crippen molar-refractivity contribution in [1.82, 2.24) is 19.7 Å². The molecule has 182 valence electrons. The Kier molecular flexibility index (Phi) is 6.58. The van der Waals surface area contributed by atoms with Gasteiger partial charge in [-0.15, -0.1) is 5.10 Å². The number of sulfonamides is 1. The van der Waals surface area contributed by atoms with Crippen molar-refractivity contribution in [2.75, 3.05) is 0 Å². The molecule has 1 amide bonds. The second kappa shape index (κ2) is 8.70. The summed E-state index contributed by atoms with van der Waals surface area (Å²) in [4.78, 5) is 11.2. The van der Waals surface area contributed by atoms with Gasteiger partial charge in [-0.3, -0.25) is 4.79 Å². The van der Waals surface area contributed by atoms with Crippen LogP contribution in [-0.2, 0) is 22.4 Å². The molecule has 3 aromatic rings. The molecule has 17 heteroatoms. The molecule has 2 aromatic carbocycles. The van der Waals surface area contributed by atoms with E-state index in [2.05, 4.69) is 10.3 Å². The van der Waals surface area contributed by atoms with E-state index in [-0.39, 0.29) is 15.8 Å². The van der Waals surface area contributed by atoms with Gasteiger partial charge >= 0.3 is 12.4 Å². The fraction of sp³-hybridized carbons (Fsp3) is 0.118. The minimum atomic E-state index is -5.40. The average molecular weight is 551 g/mol. The monoisotopic (exact) mass is 550 g/mol. The van der Waals surface area contributed by atoms with Crippen LogP contribution in [-0.4, -0.2) is 29.3 Å². The number of aromatic nitrogens is 3. The van der Waals surface area contributed by atoms with Crippen molar-refractivity contribution in [3.05, 3.63) is 69.2 Å². The summed E-state index contributed by atoms with van der Waals surface area (Å²) in [5.74, 6) is -3.29. The molecule has 0 spiro atoms. The Morgan fingerprint density at radius 2 is 1.62 bits per heavy atom. The third kappa shape index (κ3) is 5.10. The van der Waals surface area contributed by atoms with E-state index >= 15 is 0 Å². The smallest absolute Gasteiger partial charge is 0.266 e. The first-order chi connectivity index (χ1) is 15.5. The zero-order valence-electron chi connectivity index (χ0n) is 15.8. The van der Waals surface area contributed by atoms with Gasteiger partial charge in [-0.1, -0.05) is 28.4 Å². The van der Waals surface area contributed by atoms with E-state index in [1.807, 2.05) is 0 Å². The number of amides is 1. The van der Waals surface area contributed by atoms with Crippen molar-refractivity contribution in [2.45, 2.75) is 17.2 Å². The molecule has 34 heavy (non-hydrogen) atoms. The third-order valence-electron chi connectivity index (χ3n) is 4.07. The molecule has 3 rings (SSSR count). The van der Waals surface area contributed by atoms with Crippen LogP contribution in [0.25, 0.3) is 5.69 Å². The molecule has 1 aromatic heterocycles. The molecule has 1 N–H and O–H groups in total. The zero-order chi connectivity index (χ0) is 25.6. The van der Waals surface area contributed by atoms with Gasteiger partial charge in [-0.05, 0) is 36.4 Å². The molecule has 0 aliphatic heterocycles. The van der Waals surface area contributed by atoms with Crippen LogP contribution < -0.4 is 4.72 Å². The van der Waals surface area contributed by atoms with E-state index in [1.165, 1.54) is 0 Å². The predicted octanol–water partition coefficient (Wildman–Crippen LogP) is 4.87. The van der Waals surface area contributed by atoms with Gasteiger partial charge in [0.25, 0.3) is 15.9 Å². The summed E-state index contributed by atoms with van der Waals surface area (Å²) in [6, 6.07) is 3.58. The molecule has 0 aliphatic carbocycles. The predicted molar refractivity (Wildman–Crippen MR) is 102 cm³/mol. The number of carbonyl (C=O) groups excluding carboxylic acids is 1. The first-order valence-electron chi connectivity index (χ1n) is 8.44. The lowest BCUT2D eigenvalue weighted by Crippen LogP contribution is -2.33. The van der Waals surface area contributed by atoms with Crippen LogP contribution >= 0.6 is 23.2 Å². The highest BCUT2D eigenvalue weighted by atomic mass is 35.5. The standard InChI is InChI=1S/C17H7Cl2F7N4O3S/c18-8-2-4-11(10(20)6-8)30-14(17(24,25)26)13(27-29-30)15(31)28-34(32,33)12-5-7(16(21,22)23)1-3-9(12)19/h1-6H,(H,28,31). The van der Waals surface area contributed by atoms with Crippen LogP contribution in [0.3, 0.4) is 0 Å². The molecular weight excluding hydrogens is 544 g/mol. The van der Waals surface area contributed by atoms with Crippen molar-refractivity contribution in [3.63, 3.8) is 0 Å². The van der Waals surface area contributed by atoms with Gasteiger partial charge in [-0.25, -0.2) is 22.2 Å². The molecule has 0 saturated carbocycles. The van der Waals surface area contributed by atoms with Crippen molar-refractivity contribution in [2.24, 2.45) is 0 Å². The van der Waals surface area contributed by atoms with Crippen LogP contribution in [0.4, 0.5) is 30.7 Å². The Bertz CT molecular complexity index is 1390. The molecule has 0 aliphatic rings. The summed E-state index contributed by atoms with van der Waals surface area (Å²) >= 11 is 11.2. The summed E-state index contributed by atoms with van der Waals surface area (Å²) in [6.07, 6.45) is -10.4. The molecule has 1 heterocycles. The van der Waals surface area contributed by atoms with Crippen molar-refractivity contribution in [3.8, 4) is 5.69 Å². The summed E-state index contributed by atoms with van der Waals surface area (Å²) in [5, 5.41) is 5.12. The highest BCUT2D eigenvalue weighted by Crippen LogP contribution is 2.35. The number of nitrogens with one attached hydrogen (secondary N) is 1. The molecule has 0 unspecified atom stereocenters. The zero-order valence-corrected chi connectivity index (χ0v) is 18.2. The minimum absolute atomic E-state index is 0.0859. The fourth-order valence-electron chi connectivity index (χ4n) is 2.62. The van der Waals surface area contributed by atoms with E-state index in [0.29, 0.717) is 18.2 Å². The van der Waals surface area contributed by atoms with Crippen molar-refractivity contribution in [1.29, 1.82) is 0 Å². The number of hydrogen-bond acceptors (Lipinski definition) is 5. The van der Waals surface area contributed by atoms with Gasteiger partial charge in [0.15, 0.2) is 11.4 Å². The Morgan fingerprint density at radius 1 is 0.971 bits per heavy atom. The number of alkyl halides is 6. The van der Waals surface area contributed by atoms with E-state index in [0.717, 1.165) is 16.9 Å². The van der Waals surface area contributed by atoms with E-state index < -0.39 is 66.7 Å². The van der Waals surface area contributed by atoms with Crippen LogP contribution in [0.2, 0.25) is 10.0 Å². The van der Waals surface area contributed by atoms with Gasteiger partial charge in [-0.2, -0.15) is 26.3 Å².